The van der Waals surface area contributed by atoms with Crippen LogP contribution in [-0.2, 0) is 6.42 Å². The molecule has 2 aromatic rings. The van der Waals surface area contributed by atoms with E-state index in [2.05, 4.69) is 6.92 Å². The molecular formula is C22H26ClF3Si. The summed E-state index contributed by atoms with van der Waals surface area (Å²) < 4.78 is 42.7. The molecule has 1 aliphatic heterocycles. The number of hydrogen-bond acceptors (Lipinski definition) is 0. The Kier molecular flexibility index (Phi) is 7.04. The van der Waals surface area contributed by atoms with Crippen molar-refractivity contribution in [2.75, 3.05) is 0 Å². The Morgan fingerprint density at radius 1 is 1.00 bits per heavy atom. The van der Waals surface area contributed by atoms with Crippen LogP contribution in [0.4, 0.5) is 13.2 Å². The Labute approximate surface area is 166 Å². The maximum Gasteiger partial charge on any atom is 0.142 e. The van der Waals surface area contributed by atoms with Crippen LogP contribution in [0, 0.1) is 23.4 Å². The van der Waals surface area contributed by atoms with E-state index in [9.17, 15) is 13.2 Å². The predicted octanol–water partition coefficient (Wildman–Crippen LogP) is 7.40. The van der Waals surface area contributed by atoms with E-state index in [0.29, 0.717) is 17.9 Å². The lowest BCUT2D eigenvalue weighted by molar-refractivity contribution is 0.436. The highest BCUT2D eigenvalue weighted by Crippen LogP contribution is 2.33. The van der Waals surface area contributed by atoms with E-state index in [1.165, 1.54) is 61.7 Å². The summed E-state index contributed by atoms with van der Waals surface area (Å²) in [4.78, 5) is 0. The SMILES string of the molecule is CCC[SiH]1CCC(CCc2cc(F)c(-c3ccc(Cl)c(F)c3)c(F)c2)CC1. The van der Waals surface area contributed by atoms with Gasteiger partial charge in [0.25, 0.3) is 0 Å². The second-order valence-corrected chi connectivity index (χ2v) is 11.6. The molecule has 0 aliphatic carbocycles. The molecule has 0 spiro atoms. The van der Waals surface area contributed by atoms with Crippen LogP contribution in [-0.4, -0.2) is 8.80 Å². The number of benzene rings is 2. The van der Waals surface area contributed by atoms with Crippen LogP contribution in [0.15, 0.2) is 30.3 Å². The standard InChI is InChI=1S/C22H26ClF3Si/c1-2-9-27-10-7-15(8-11-27)3-4-16-12-20(25)22(21(26)13-16)17-5-6-18(23)19(24)14-17/h5-6,12-15,27H,2-4,7-11H2,1H3. The average molecular weight is 411 g/mol. The second kappa shape index (κ2) is 9.29. The van der Waals surface area contributed by atoms with Crippen molar-refractivity contribution >= 4 is 20.4 Å². The molecule has 0 bridgehead atoms. The Morgan fingerprint density at radius 3 is 2.26 bits per heavy atom. The third-order valence-corrected chi connectivity index (χ3v) is 9.81. The van der Waals surface area contributed by atoms with E-state index in [1.54, 1.807) is 0 Å². The van der Waals surface area contributed by atoms with Crippen molar-refractivity contribution < 1.29 is 13.2 Å². The van der Waals surface area contributed by atoms with Crippen LogP contribution in [0.25, 0.3) is 11.1 Å². The van der Waals surface area contributed by atoms with Gasteiger partial charge in [0, 0.05) is 8.80 Å². The van der Waals surface area contributed by atoms with Crippen LogP contribution < -0.4 is 0 Å². The van der Waals surface area contributed by atoms with E-state index in [1.807, 2.05) is 0 Å². The minimum atomic E-state index is -0.681. The Morgan fingerprint density at radius 2 is 1.67 bits per heavy atom. The molecule has 0 nitrogen and oxygen atoms in total. The van der Waals surface area contributed by atoms with Gasteiger partial charge >= 0.3 is 0 Å². The fourth-order valence-electron chi connectivity index (χ4n) is 4.29. The van der Waals surface area contributed by atoms with Gasteiger partial charge in [-0.3, -0.25) is 0 Å². The number of aryl methyl sites for hydroxylation is 1. The topological polar surface area (TPSA) is 0 Å². The molecule has 146 valence electrons. The highest BCUT2D eigenvalue weighted by molar-refractivity contribution is 6.58. The first-order valence-corrected chi connectivity index (χ1v) is 12.7. The summed E-state index contributed by atoms with van der Waals surface area (Å²) in [7, 11) is -0.489. The third-order valence-electron chi connectivity index (χ3n) is 5.81. The molecule has 3 rings (SSSR count). The largest absolute Gasteiger partial charge is 0.206 e. The van der Waals surface area contributed by atoms with Gasteiger partial charge in [-0.05, 0) is 54.2 Å². The van der Waals surface area contributed by atoms with E-state index in [0.717, 1.165) is 12.5 Å². The van der Waals surface area contributed by atoms with Gasteiger partial charge in [-0.1, -0.05) is 62.0 Å². The van der Waals surface area contributed by atoms with Crippen LogP contribution >= 0.6 is 11.6 Å². The minimum absolute atomic E-state index is 0.0621. The van der Waals surface area contributed by atoms with Gasteiger partial charge in [0.15, 0.2) is 0 Å². The fourth-order valence-corrected chi connectivity index (χ4v) is 7.97. The molecule has 1 fully saturated rings. The normalized spacial score (nSPS) is 20.0. The predicted molar refractivity (Wildman–Crippen MR) is 110 cm³/mol. The lowest BCUT2D eigenvalue weighted by atomic mass is 9.93. The van der Waals surface area contributed by atoms with Gasteiger partial charge in [-0.2, -0.15) is 0 Å². The molecule has 2 aromatic carbocycles. The molecular weight excluding hydrogens is 385 g/mol. The quantitative estimate of drug-likeness (QED) is 0.435. The van der Waals surface area contributed by atoms with Gasteiger partial charge in [0.1, 0.15) is 17.5 Å². The summed E-state index contributed by atoms with van der Waals surface area (Å²) in [5.41, 5.74) is 0.647. The summed E-state index contributed by atoms with van der Waals surface area (Å²) in [6.07, 6.45) is 5.55. The van der Waals surface area contributed by atoms with E-state index in [4.69, 9.17) is 11.6 Å². The molecule has 0 amide bonds. The molecule has 0 unspecified atom stereocenters. The molecule has 5 heteroatoms. The first-order chi connectivity index (χ1) is 13.0. The second-order valence-electron chi connectivity index (χ2n) is 7.78. The summed E-state index contributed by atoms with van der Waals surface area (Å²) in [6, 6.07) is 10.9. The molecule has 1 saturated heterocycles. The van der Waals surface area contributed by atoms with E-state index in [-0.39, 0.29) is 16.1 Å². The summed E-state index contributed by atoms with van der Waals surface area (Å²) in [5, 5.41) is -0.0621. The van der Waals surface area contributed by atoms with Crippen molar-refractivity contribution in [3.05, 3.63) is 58.4 Å². The van der Waals surface area contributed by atoms with Gasteiger partial charge in [0.2, 0.25) is 0 Å². The van der Waals surface area contributed by atoms with Gasteiger partial charge in [-0.25, -0.2) is 13.2 Å². The summed E-state index contributed by atoms with van der Waals surface area (Å²) >= 11 is 5.65. The number of halogens is 4. The zero-order valence-electron chi connectivity index (χ0n) is 15.7. The van der Waals surface area contributed by atoms with Gasteiger partial charge < -0.3 is 0 Å². The number of hydrogen-bond donors (Lipinski definition) is 0. The Bertz CT molecular complexity index is 762. The Hall–Kier alpha value is -1.26. The fraction of sp³-hybridized carbons (Fsp3) is 0.455. The van der Waals surface area contributed by atoms with Crippen molar-refractivity contribution in [2.45, 2.75) is 57.2 Å². The number of rotatable bonds is 6. The van der Waals surface area contributed by atoms with Crippen molar-refractivity contribution in [1.82, 2.24) is 0 Å². The monoisotopic (exact) mass is 410 g/mol. The van der Waals surface area contributed by atoms with Gasteiger partial charge in [0.05, 0.1) is 10.6 Å². The average Bonchev–Trinajstić information content (AvgIpc) is 2.64. The van der Waals surface area contributed by atoms with Crippen molar-refractivity contribution in [3.63, 3.8) is 0 Å². The van der Waals surface area contributed by atoms with Crippen LogP contribution in [0.3, 0.4) is 0 Å². The molecule has 0 radical (unpaired) electrons. The van der Waals surface area contributed by atoms with Crippen molar-refractivity contribution in [1.29, 1.82) is 0 Å². The van der Waals surface area contributed by atoms with E-state index < -0.39 is 26.2 Å². The lowest BCUT2D eigenvalue weighted by Crippen LogP contribution is -2.21. The maximum atomic E-state index is 14.5. The molecule has 27 heavy (non-hydrogen) atoms. The summed E-state index contributed by atoms with van der Waals surface area (Å²) in [5.74, 6) is -1.29. The van der Waals surface area contributed by atoms with E-state index >= 15 is 0 Å². The lowest BCUT2D eigenvalue weighted by Gasteiger charge is -2.27. The molecule has 0 aromatic heterocycles. The molecule has 0 atom stereocenters. The highest BCUT2D eigenvalue weighted by Gasteiger charge is 2.22. The zero-order valence-corrected chi connectivity index (χ0v) is 17.6. The highest BCUT2D eigenvalue weighted by atomic mass is 35.5. The van der Waals surface area contributed by atoms with Crippen molar-refractivity contribution in [3.8, 4) is 11.1 Å². The van der Waals surface area contributed by atoms with Gasteiger partial charge in [-0.15, -0.1) is 0 Å². The third kappa shape index (κ3) is 5.17. The minimum Gasteiger partial charge on any atom is -0.206 e. The van der Waals surface area contributed by atoms with Crippen LogP contribution in [0.5, 0.6) is 0 Å². The smallest absolute Gasteiger partial charge is 0.142 e. The summed E-state index contributed by atoms with van der Waals surface area (Å²) in [6.45, 7) is 2.27. The van der Waals surface area contributed by atoms with Crippen molar-refractivity contribution in [2.24, 2.45) is 5.92 Å². The molecule has 0 saturated carbocycles. The Balaban J connectivity index is 1.65. The van der Waals surface area contributed by atoms with Crippen LogP contribution in [0.2, 0.25) is 23.2 Å². The molecule has 0 N–H and O–H groups in total. The maximum absolute atomic E-state index is 14.5. The first-order valence-electron chi connectivity index (χ1n) is 9.91. The molecule has 1 aliphatic rings. The molecule has 1 heterocycles. The van der Waals surface area contributed by atoms with Crippen LogP contribution in [0.1, 0.15) is 38.2 Å². The zero-order chi connectivity index (χ0) is 19.4. The first kappa shape index (κ1) is 20.5.